The smallest absolute Gasteiger partial charge is 0.244 e. The van der Waals surface area contributed by atoms with Gasteiger partial charge in [-0.15, -0.1) is 11.3 Å². The molecule has 0 unspecified atom stereocenters. The Balaban J connectivity index is 2.09. The summed E-state index contributed by atoms with van der Waals surface area (Å²) in [6.07, 6.45) is 5.32. The second kappa shape index (κ2) is 5.81. The molecule has 1 aliphatic carbocycles. The zero-order chi connectivity index (χ0) is 14.9. The third kappa shape index (κ3) is 3.38. The normalized spacial score (nSPS) is 20.2. The number of carbonyl (C=O) groups is 1. The summed E-state index contributed by atoms with van der Waals surface area (Å²) >= 11 is 1.47. The summed E-state index contributed by atoms with van der Waals surface area (Å²) in [6.45, 7) is 3.58. The molecule has 0 saturated carbocycles. The van der Waals surface area contributed by atoms with Gasteiger partial charge in [0.15, 0.2) is 15.0 Å². The van der Waals surface area contributed by atoms with Crippen LogP contribution in [0.25, 0.3) is 0 Å². The predicted molar refractivity (Wildman–Crippen MR) is 80.9 cm³/mol. The fourth-order valence-electron chi connectivity index (χ4n) is 2.25. The number of carbonyl (C=O) groups excluding carboxylic acids is 1. The Morgan fingerprint density at radius 2 is 2.25 bits per heavy atom. The minimum absolute atomic E-state index is 0.509. The quantitative estimate of drug-likeness (QED) is 0.922. The van der Waals surface area contributed by atoms with E-state index in [9.17, 15) is 13.2 Å². The first-order valence-electron chi connectivity index (χ1n) is 6.79. The zero-order valence-corrected chi connectivity index (χ0v) is 13.6. The highest BCUT2D eigenvalue weighted by atomic mass is 32.2. The van der Waals surface area contributed by atoms with Crippen molar-refractivity contribution < 1.29 is 13.2 Å². The van der Waals surface area contributed by atoms with Gasteiger partial charge in [0.25, 0.3) is 0 Å². The van der Waals surface area contributed by atoms with Gasteiger partial charge in [-0.25, -0.2) is 13.4 Å². The number of anilines is 1. The molecule has 112 valence electrons. The lowest BCUT2D eigenvalue weighted by Gasteiger charge is -2.18. The van der Waals surface area contributed by atoms with E-state index in [1.807, 2.05) is 0 Å². The molecular weight excluding hydrogens is 296 g/mol. The summed E-state index contributed by atoms with van der Waals surface area (Å²) in [5.74, 6) is 0.187. The molecule has 1 N–H and O–H groups in total. The van der Waals surface area contributed by atoms with E-state index in [4.69, 9.17) is 0 Å². The Labute approximate surface area is 123 Å². The number of nitrogens with zero attached hydrogens (tertiary/aromatic N) is 1. The number of nitrogens with one attached hydrogen (secondary N) is 1. The maximum Gasteiger partial charge on any atom is 0.244 e. The number of sulfone groups is 1. The lowest BCUT2D eigenvalue weighted by molar-refractivity contribution is -0.115. The van der Waals surface area contributed by atoms with E-state index in [-0.39, 0.29) is 0 Å². The van der Waals surface area contributed by atoms with Crippen molar-refractivity contribution in [1.82, 2.24) is 4.98 Å². The molecule has 7 heteroatoms. The van der Waals surface area contributed by atoms with Crippen LogP contribution in [0.5, 0.6) is 0 Å². The molecule has 1 amide bonds. The summed E-state index contributed by atoms with van der Waals surface area (Å²) in [4.78, 5) is 17.5. The highest BCUT2D eigenvalue weighted by Gasteiger charge is 2.26. The van der Waals surface area contributed by atoms with Gasteiger partial charge >= 0.3 is 0 Å². The third-order valence-electron chi connectivity index (χ3n) is 3.86. The van der Waals surface area contributed by atoms with E-state index in [1.165, 1.54) is 23.1 Å². The van der Waals surface area contributed by atoms with E-state index in [1.54, 1.807) is 0 Å². The highest BCUT2D eigenvalue weighted by Crippen LogP contribution is 2.33. The van der Waals surface area contributed by atoms with Gasteiger partial charge in [0.2, 0.25) is 5.91 Å². The van der Waals surface area contributed by atoms with Crippen LogP contribution in [0.15, 0.2) is 0 Å². The second-order valence-electron chi connectivity index (χ2n) is 5.37. The van der Waals surface area contributed by atoms with Crippen molar-refractivity contribution in [1.29, 1.82) is 0 Å². The van der Waals surface area contributed by atoms with Crippen LogP contribution in [-0.4, -0.2) is 30.8 Å². The summed E-state index contributed by atoms with van der Waals surface area (Å²) in [6, 6.07) is 0. The molecule has 0 saturated heterocycles. The van der Waals surface area contributed by atoms with Crippen molar-refractivity contribution in [2.75, 3.05) is 11.6 Å². The highest BCUT2D eigenvalue weighted by molar-refractivity contribution is 7.92. The van der Waals surface area contributed by atoms with Crippen molar-refractivity contribution in [3.05, 3.63) is 10.6 Å². The molecule has 0 fully saturated rings. The van der Waals surface area contributed by atoms with Crippen LogP contribution in [0.3, 0.4) is 0 Å². The number of aromatic nitrogens is 1. The Hall–Kier alpha value is -0.950. The van der Waals surface area contributed by atoms with Gasteiger partial charge in [-0.05, 0) is 32.1 Å². The molecule has 0 radical (unpaired) electrons. The van der Waals surface area contributed by atoms with E-state index in [2.05, 4.69) is 17.2 Å². The molecule has 20 heavy (non-hydrogen) atoms. The third-order valence-corrected chi connectivity index (χ3v) is 6.39. The molecule has 5 nitrogen and oxygen atoms in total. The molecule has 0 aromatic carbocycles. The fraction of sp³-hybridized carbons (Fsp3) is 0.692. The molecule has 1 aromatic heterocycles. The van der Waals surface area contributed by atoms with Crippen LogP contribution in [0.4, 0.5) is 5.13 Å². The van der Waals surface area contributed by atoms with Crippen LogP contribution >= 0.6 is 11.3 Å². The van der Waals surface area contributed by atoms with Crippen LogP contribution < -0.4 is 5.32 Å². The SMILES string of the molecule is CC[C@H]1CCc2nc(NC(=O)[C@@H](C)S(C)(=O)=O)sc2C1. The number of thiazole rings is 1. The van der Waals surface area contributed by atoms with E-state index in [0.29, 0.717) is 11.0 Å². The minimum Gasteiger partial charge on any atom is -0.301 e. The fourth-order valence-corrected chi connectivity index (χ4v) is 3.82. The first-order chi connectivity index (χ1) is 9.31. The molecule has 2 atom stereocenters. The predicted octanol–water partition coefficient (Wildman–Crippen LogP) is 2.03. The average molecular weight is 316 g/mol. The lowest BCUT2D eigenvalue weighted by atomic mass is 9.89. The summed E-state index contributed by atoms with van der Waals surface area (Å²) in [7, 11) is -3.37. The Morgan fingerprint density at radius 1 is 1.55 bits per heavy atom. The standard InChI is InChI=1S/C13H20N2O3S2/c1-4-9-5-6-10-11(7-9)19-13(14-10)15-12(16)8(2)20(3,17)18/h8-9H,4-7H2,1-3H3,(H,14,15,16)/t8-,9+/m1/s1. The average Bonchev–Trinajstić information content (AvgIpc) is 2.77. The van der Waals surface area contributed by atoms with Gasteiger partial charge in [-0.1, -0.05) is 13.3 Å². The maximum absolute atomic E-state index is 11.9. The summed E-state index contributed by atoms with van der Waals surface area (Å²) < 4.78 is 22.7. The van der Waals surface area contributed by atoms with Crippen molar-refractivity contribution in [3.63, 3.8) is 0 Å². The Morgan fingerprint density at radius 3 is 2.85 bits per heavy atom. The molecule has 1 aromatic rings. The molecule has 0 spiro atoms. The summed E-state index contributed by atoms with van der Waals surface area (Å²) in [5.41, 5.74) is 1.06. The van der Waals surface area contributed by atoms with Gasteiger partial charge in [-0.2, -0.15) is 0 Å². The molecule has 2 rings (SSSR count). The largest absolute Gasteiger partial charge is 0.301 e. The zero-order valence-electron chi connectivity index (χ0n) is 12.0. The van der Waals surface area contributed by atoms with E-state index < -0.39 is 21.0 Å². The van der Waals surface area contributed by atoms with Gasteiger partial charge in [0.1, 0.15) is 5.25 Å². The van der Waals surface area contributed by atoms with Crippen LogP contribution in [-0.2, 0) is 27.5 Å². The van der Waals surface area contributed by atoms with Crippen LogP contribution in [0.1, 0.15) is 37.3 Å². The first-order valence-corrected chi connectivity index (χ1v) is 9.56. The maximum atomic E-state index is 11.9. The number of hydrogen-bond acceptors (Lipinski definition) is 5. The monoisotopic (exact) mass is 316 g/mol. The molecule has 1 heterocycles. The molecule has 0 aliphatic heterocycles. The molecular formula is C13H20N2O3S2. The van der Waals surface area contributed by atoms with Crippen molar-refractivity contribution in [2.45, 2.75) is 44.8 Å². The topological polar surface area (TPSA) is 76.1 Å². The van der Waals surface area contributed by atoms with Gasteiger partial charge in [-0.3, -0.25) is 4.79 Å². The minimum atomic E-state index is -3.37. The second-order valence-corrected chi connectivity index (χ2v) is 8.82. The molecule has 1 aliphatic rings. The number of fused-ring (bicyclic) bond motifs is 1. The Kier molecular flexibility index (Phi) is 4.49. The van der Waals surface area contributed by atoms with E-state index in [0.717, 1.165) is 37.6 Å². The number of amides is 1. The lowest BCUT2D eigenvalue weighted by Crippen LogP contribution is -2.31. The van der Waals surface area contributed by atoms with Crippen molar-refractivity contribution in [2.24, 2.45) is 5.92 Å². The van der Waals surface area contributed by atoms with Crippen molar-refractivity contribution in [3.8, 4) is 0 Å². The van der Waals surface area contributed by atoms with Gasteiger partial charge in [0, 0.05) is 11.1 Å². The van der Waals surface area contributed by atoms with E-state index >= 15 is 0 Å². The Bertz CT molecular complexity index is 607. The first kappa shape index (κ1) is 15.4. The number of rotatable bonds is 4. The summed E-state index contributed by atoms with van der Waals surface area (Å²) in [5, 5.41) is 2.10. The van der Waals surface area contributed by atoms with Crippen LogP contribution in [0, 0.1) is 5.92 Å². The number of hydrogen-bond donors (Lipinski definition) is 1. The number of aryl methyl sites for hydroxylation is 1. The molecule has 0 bridgehead atoms. The van der Waals surface area contributed by atoms with Crippen molar-refractivity contribution >= 4 is 32.2 Å². The van der Waals surface area contributed by atoms with Gasteiger partial charge < -0.3 is 5.32 Å². The van der Waals surface area contributed by atoms with Crippen LogP contribution in [0.2, 0.25) is 0 Å². The van der Waals surface area contributed by atoms with Gasteiger partial charge in [0.05, 0.1) is 5.69 Å².